The van der Waals surface area contributed by atoms with Crippen LogP contribution in [0, 0.1) is 0 Å². The van der Waals surface area contributed by atoms with Crippen molar-refractivity contribution in [1.29, 1.82) is 0 Å². The van der Waals surface area contributed by atoms with Gasteiger partial charge in [0.25, 0.3) is 0 Å². The highest BCUT2D eigenvalue weighted by Crippen LogP contribution is 2.45. The van der Waals surface area contributed by atoms with Crippen LogP contribution in [0.3, 0.4) is 0 Å². The molecule has 0 heterocycles. The lowest BCUT2D eigenvalue weighted by atomic mass is 9.77. The Kier molecular flexibility index (Phi) is 4.69. The molecule has 1 aliphatic carbocycles. The first kappa shape index (κ1) is 17.1. The third-order valence-electron chi connectivity index (χ3n) is 5.77. The SMILES string of the molecule is Oc1cc(C2(O)CCCCCCC2)c(-c2ccccc2)c2ccccc12. The Morgan fingerprint density at radius 3 is 1.96 bits per heavy atom. The van der Waals surface area contributed by atoms with E-state index in [1.54, 1.807) is 0 Å². The van der Waals surface area contributed by atoms with Gasteiger partial charge in [0.2, 0.25) is 0 Å². The van der Waals surface area contributed by atoms with E-state index in [1.807, 2.05) is 48.5 Å². The van der Waals surface area contributed by atoms with Gasteiger partial charge in [-0.3, -0.25) is 0 Å². The highest BCUT2D eigenvalue weighted by molar-refractivity contribution is 6.01. The third kappa shape index (κ3) is 3.10. The molecule has 1 aliphatic rings. The van der Waals surface area contributed by atoms with Crippen LogP contribution in [-0.2, 0) is 5.60 Å². The number of hydrogen-bond acceptors (Lipinski definition) is 2. The summed E-state index contributed by atoms with van der Waals surface area (Å²) in [5, 5.41) is 24.2. The van der Waals surface area contributed by atoms with Crippen LogP contribution in [0.2, 0.25) is 0 Å². The molecule has 0 spiro atoms. The third-order valence-corrected chi connectivity index (χ3v) is 5.77. The fourth-order valence-corrected chi connectivity index (χ4v) is 4.40. The Hall–Kier alpha value is -2.32. The van der Waals surface area contributed by atoms with Gasteiger partial charge in [0.1, 0.15) is 5.75 Å². The van der Waals surface area contributed by atoms with E-state index in [-0.39, 0.29) is 5.75 Å². The Labute approximate surface area is 155 Å². The zero-order chi connectivity index (χ0) is 18.0. The van der Waals surface area contributed by atoms with E-state index in [4.69, 9.17) is 0 Å². The fourth-order valence-electron chi connectivity index (χ4n) is 4.40. The Morgan fingerprint density at radius 2 is 1.27 bits per heavy atom. The summed E-state index contributed by atoms with van der Waals surface area (Å²) in [6.07, 6.45) is 7.15. The van der Waals surface area contributed by atoms with Crippen LogP contribution in [0.5, 0.6) is 5.75 Å². The molecule has 4 rings (SSSR count). The van der Waals surface area contributed by atoms with Crippen LogP contribution in [0.25, 0.3) is 21.9 Å². The van der Waals surface area contributed by atoms with Crippen molar-refractivity contribution < 1.29 is 10.2 Å². The van der Waals surface area contributed by atoms with Gasteiger partial charge in [-0.2, -0.15) is 0 Å². The molecule has 134 valence electrons. The number of phenols is 1. The number of aliphatic hydroxyl groups is 1. The fraction of sp³-hybridized carbons (Fsp3) is 0.333. The summed E-state index contributed by atoms with van der Waals surface area (Å²) in [5.74, 6) is 0.255. The Bertz CT molecular complexity index is 891. The smallest absolute Gasteiger partial charge is 0.123 e. The molecular formula is C24H26O2. The summed E-state index contributed by atoms with van der Waals surface area (Å²) in [7, 11) is 0. The molecule has 0 amide bonds. The minimum atomic E-state index is -0.882. The Balaban J connectivity index is 1.99. The van der Waals surface area contributed by atoms with Crippen molar-refractivity contribution in [2.24, 2.45) is 0 Å². The number of phenolic OH excluding ortho intramolecular Hbond substituents is 1. The molecule has 0 aromatic heterocycles. The predicted octanol–water partition coefficient (Wildman–Crippen LogP) is 6.14. The summed E-state index contributed by atoms with van der Waals surface area (Å²) in [4.78, 5) is 0. The topological polar surface area (TPSA) is 40.5 Å². The highest BCUT2D eigenvalue weighted by atomic mass is 16.3. The van der Waals surface area contributed by atoms with Gasteiger partial charge in [-0.1, -0.05) is 86.7 Å². The molecule has 3 aromatic rings. The van der Waals surface area contributed by atoms with E-state index < -0.39 is 5.60 Å². The molecule has 0 saturated heterocycles. The molecular weight excluding hydrogens is 320 g/mol. The average Bonchev–Trinajstić information content (AvgIpc) is 2.66. The van der Waals surface area contributed by atoms with Crippen molar-refractivity contribution in [3.8, 4) is 16.9 Å². The maximum atomic E-state index is 11.7. The molecule has 0 atom stereocenters. The van der Waals surface area contributed by atoms with Gasteiger partial charge in [-0.25, -0.2) is 0 Å². The number of benzene rings is 3. The molecule has 0 bridgehead atoms. The van der Waals surface area contributed by atoms with Crippen molar-refractivity contribution in [3.63, 3.8) is 0 Å². The first-order valence-corrected chi connectivity index (χ1v) is 9.72. The second kappa shape index (κ2) is 7.13. The van der Waals surface area contributed by atoms with Gasteiger partial charge in [-0.05, 0) is 41.0 Å². The number of fused-ring (bicyclic) bond motifs is 1. The number of hydrogen-bond donors (Lipinski definition) is 2. The van der Waals surface area contributed by atoms with Crippen molar-refractivity contribution in [1.82, 2.24) is 0 Å². The summed E-state index contributed by atoms with van der Waals surface area (Å²) in [6.45, 7) is 0. The number of aromatic hydroxyl groups is 1. The highest BCUT2D eigenvalue weighted by Gasteiger charge is 2.33. The van der Waals surface area contributed by atoms with E-state index in [0.717, 1.165) is 53.1 Å². The Morgan fingerprint density at radius 1 is 0.692 bits per heavy atom. The molecule has 0 aliphatic heterocycles. The van der Waals surface area contributed by atoms with Gasteiger partial charge in [0.05, 0.1) is 5.60 Å². The monoisotopic (exact) mass is 346 g/mol. The quantitative estimate of drug-likeness (QED) is 0.585. The van der Waals surface area contributed by atoms with Gasteiger partial charge in [0, 0.05) is 5.39 Å². The van der Waals surface area contributed by atoms with Crippen molar-refractivity contribution in [3.05, 3.63) is 66.2 Å². The van der Waals surface area contributed by atoms with Crippen molar-refractivity contribution >= 4 is 10.8 Å². The molecule has 2 nitrogen and oxygen atoms in total. The second-order valence-electron chi connectivity index (χ2n) is 7.53. The van der Waals surface area contributed by atoms with Crippen molar-refractivity contribution in [2.75, 3.05) is 0 Å². The van der Waals surface area contributed by atoms with Crippen LogP contribution in [0.15, 0.2) is 60.7 Å². The first-order valence-electron chi connectivity index (χ1n) is 9.72. The molecule has 0 unspecified atom stereocenters. The lowest BCUT2D eigenvalue weighted by Crippen LogP contribution is -2.27. The van der Waals surface area contributed by atoms with Crippen LogP contribution in [0.4, 0.5) is 0 Å². The first-order chi connectivity index (χ1) is 12.7. The van der Waals surface area contributed by atoms with Crippen molar-refractivity contribution in [2.45, 2.75) is 50.5 Å². The maximum absolute atomic E-state index is 11.7. The average molecular weight is 346 g/mol. The normalized spacial score (nSPS) is 17.6. The largest absolute Gasteiger partial charge is 0.507 e. The number of rotatable bonds is 2. The summed E-state index contributed by atoms with van der Waals surface area (Å²) < 4.78 is 0. The van der Waals surface area contributed by atoms with E-state index in [2.05, 4.69) is 12.1 Å². The molecule has 3 aromatic carbocycles. The minimum absolute atomic E-state index is 0.255. The van der Waals surface area contributed by atoms with Gasteiger partial charge in [0.15, 0.2) is 0 Å². The molecule has 26 heavy (non-hydrogen) atoms. The molecule has 2 N–H and O–H groups in total. The maximum Gasteiger partial charge on any atom is 0.123 e. The van der Waals surface area contributed by atoms with E-state index in [9.17, 15) is 10.2 Å². The van der Waals surface area contributed by atoms with Gasteiger partial charge < -0.3 is 10.2 Å². The molecule has 1 saturated carbocycles. The summed E-state index contributed by atoms with van der Waals surface area (Å²) in [6, 6.07) is 20.0. The van der Waals surface area contributed by atoms with Crippen LogP contribution >= 0.6 is 0 Å². The van der Waals surface area contributed by atoms with Gasteiger partial charge in [-0.15, -0.1) is 0 Å². The second-order valence-corrected chi connectivity index (χ2v) is 7.53. The van der Waals surface area contributed by atoms with Crippen LogP contribution in [-0.4, -0.2) is 10.2 Å². The van der Waals surface area contributed by atoms with Crippen LogP contribution < -0.4 is 0 Å². The predicted molar refractivity (Wildman–Crippen MR) is 107 cm³/mol. The van der Waals surface area contributed by atoms with Gasteiger partial charge >= 0.3 is 0 Å². The molecule has 1 fully saturated rings. The molecule has 0 radical (unpaired) electrons. The summed E-state index contributed by atoms with van der Waals surface area (Å²) >= 11 is 0. The minimum Gasteiger partial charge on any atom is -0.507 e. The lowest BCUT2D eigenvalue weighted by molar-refractivity contribution is 0.0101. The lowest BCUT2D eigenvalue weighted by Gasteiger charge is -2.33. The van der Waals surface area contributed by atoms with E-state index in [0.29, 0.717) is 0 Å². The van der Waals surface area contributed by atoms with Crippen LogP contribution in [0.1, 0.15) is 50.5 Å². The van der Waals surface area contributed by atoms with E-state index in [1.165, 1.54) is 19.3 Å². The standard InChI is InChI=1S/C24H26O2/c25-22-17-21(24(26)15-9-2-1-3-10-16-24)23(18-11-5-4-6-12-18)20-14-8-7-13-19(20)22/h4-8,11-14,17,25-26H,1-3,9-10,15-16H2. The van der Waals surface area contributed by atoms with E-state index >= 15 is 0 Å². The summed E-state index contributed by atoms with van der Waals surface area (Å²) in [5.41, 5.74) is 2.14. The zero-order valence-electron chi connectivity index (χ0n) is 15.1. The molecule has 2 heteroatoms. The zero-order valence-corrected chi connectivity index (χ0v) is 15.1.